The summed E-state index contributed by atoms with van der Waals surface area (Å²) in [7, 11) is 0.193. The van der Waals surface area contributed by atoms with Crippen LogP contribution in [0.25, 0.3) is 0 Å². The van der Waals surface area contributed by atoms with Crippen LogP contribution >= 0.6 is 10.7 Å². The highest BCUT2D eigenvalue weighted by atomic mass is 35.7. The molecule has 21 heavy (non-hydrogen) atoms. The van der Waals surface area contributed by atoms with Gasteiger partial charge >= 0.3 is 5.69 Å². The van der Waals surface area contributed by atoms with Gasteiger partial charge in [-0.2, -0.15) is 4.39 Å². The maximum absolute atomic E-state index is 14.0. The lowest BCUT2D eigenvalue weighted by Gasteiger charge is -2.08. The first-order valence-electron chi connectivity index (χ1n) is 5.50. The summed E-state index contributed by atoms with van der Waals surface area (Å²) in [5.74, 6) is -4.85. The number of carbonyl (C=O) groups is 1. The largest absolute Gasteiger partial charge is 0.352 e. The molecule has 11 heteroatoms. The molecule has 0 saturated heterocycles. The van der Waals surface area contributed by atoms with E-state index in [1.807, 2.05) is 0 Å². The fraction of sp³-hybridized carbons (Fsp3) is 0.300. The van der Waals surface area contributed by atoms with Gasteiger partial charge in [0.25, 0.3) is 15.0 Å². The molecule has 0 aliphatic heterocycles. The summed E-state index contributed by atoms with van der Waals surface area (Å²) in [6, 6.07) is 0.129. The van der Waals surface area contributed by atoms with Crippen molar-refractivity contribution in [1.82, 2.24) is 5.32 Å². The fourth-order valence-corrected chi connectivity index (χ4v) is 2.34. The van der Waals surface area contributed by atoms with Crippen molar-refractivity contribution < 1.29 is 26.9 Å². The number of carbonyl (C=O) groups excluding carboxylic acids is 1. The van der Waals surface area contributed by atoms with Crippen molar-refractivity contribution in [3.8, 4) is 0 Å². The van der Waals surface area contributed by atoms with Gasteiger partial charge < -0.3 is 5.32 Å². The zero-order valence-electron chi connectivity index (χ0n) is 10.5. The van der Waals surface area contributed by atoms with Gasteiger partial charge in [0.05, 0.1) is 4.92 Å². The Labute approximate surface area is 122 Å². The summed E-state index contributed by atoms with van der Waals surface area (Å²) >= 11 is 0. The molecular formula is C10H9ClF2N2O5S. The Kier molecular flexibility index (Phi) is 5.18. The smallest absolute Gasteiger partial charge is 0.307 e. The molecule has 7 nitrogen and oxygen atoms in total. The normalized spacial score (nSPS) is 11.2. The van der Waals surface area contributed by atoms with Crippen molar-refractivity contribution in [1.29, 1.82) is 0 Å². The summed E-state index contributed by atoms with van der Waals surface area (Å²) in [4.78, 5) is 19.7. The zero-order chi connectivity index (χ0) is 16.4. The zero-order valence-corrected chi connectivity index (χ0v) is 12.1. The number of hydrogen-bond acceptors (Lipinski definition) is 5. The number of benzene rings is 1. The molecule has 0 aliphatic rings. The number of nitro groups is 1. The van der Waals surface area contributed by atoms with Gasteiger partial charge in [0, 0.05) is 23.3 Å². The van der Waals surface area contributed by atoms with Gasteiger partial charge in [0.2, 0.25) is 5.82 Å². The van der Waals surface area contributed by atoms with E-state index in [0.717, 1.165) is 0 Å². The first kappa shape index (κ1) is 17.2. The summed E-state index contributed by atoms with van der Waals surface area (Å²) in [6.45, 7) is 1.71. The van der Waals surface area contributed by atoms with Crippen molar-refractivity contribution in [3.05, 3.63) is 33.4 Å². The summed E-state index contributed by atoms with van der Waals surface area (Å²) < 4.78 is 50.2. The predicted octanol–water partition coefficient (Wildman–Crippen LogP) is 1.94. The van der Waals surface area contributed by atoms with Crippen LogP contribution in [0.4, 0.5) is 14.5 Å². The highest BCUT2D eigenvalue weighted by molar-refractivity contribution is 8.13. The van der Waals surface area contributed by atoms with E-state index in [9.17, 15) is 32.1 Å². The van der Waals surface area contributed by atoms with Crippen molar-refractivity contribution in [3.63, 3.8) is 0 Å². The lowest BCUT2D eigenvalue weighted by atomic mass is 10.1. The van der Waals surface area contributed by atoms with E-state index in [2.05, 4.69) is 5.32 Å². The van der Waals surface area contributed by atoms with Crippen molar-refractivity contribution in [2.24, 2.45) is 0 Å². The van der Waals surface area contributed by atoms with Crippen LogP contribution < -0.4 is 5.32 Å². The average Bonchev–Trinajstić information content (AvgIpc) is 2.34. The van der Waals surface area contributed by atoms with Crippen LogP contribution in [0.15, 0.2) is 11.0 Å². The van der Waals surface area contributed by atoms with Crippen LogP contribution in [-0.2, 0) is 9.05 Å². The molecule has 1 aromatic carbocycles. The molecule has 0 unspecified atom stereocenters. The van der Waals surface area contributed by atoms with Gasteiger partial charge in [-0.05, 0) is 6.42 Å². The third kappa shape index (κ3) is 3.64. The lowest BCUT2D eigenvalue weighted by Crippen LogP contribution is -2.27. The monoisotopic (exact) mass is 342 g/mol. The highest BCUT2D eigenvalue weighted by Crippen LogP contribution is 2.30. The first-order valence-corrected chi connectivity index (χ1v) is 7.81. The van der Waals surface area contributed by atoms with E-state index in [1.165, 1.54) is 0 Å². The van der Waals surface area contributed by atoms with Gasteiger partial charge in [-0.3, -0.25) is 14.9 Å². The topological polar surface area (TPSA) is 106 Å². The minimum absolute atomic E-state index is 0.0450. The fourth-order valence-electron chi connectivity index (χ4n) is 1.44. The quantitative estimate of drug-likeness (QED) is 0.500. The molecule has 0 atom stereocenters. The molecule has 0 aliphatic carbocycles. The van der Waals surface area contributed by atoms with Crippen LogP contribution in [-0.4, -0.2) is 25.8 Å². The second-order valence-electron chi connectivity index (χ2n) is 3.85. The molecule has 1 rings (SSSR count). The Morgan fingerprint density at radius 1 is 1.43 bits per heavy atom. The standard InChI is InChI=1S/C10H9ClF2N2O5S/c1-2-3-14-10(16)7-8(12)5(15(17)18)4-6(9(7)13)21(11,19)20/h4H,2-3H2,1H3,(H,14,16). The second-order valence-corrected chi connectivity index (χ2v) is 6.38. The van der Waals surface area contributed by atoms with Gasteiger partial charge in [-0.25, -0.2) is 12.8 Å². The average molecular weight is 343 g/mol. The number of nitrogens with one attached hydrogen (secondary N) is 1. The van der Waals surface area contributed by atoms with Crippen molar-refractivity contribution in [2.45, 2.75) is 18.2 Å². The highest BCUT2D eigenvalue weighted by Gasteiger charge is 2.33. The molecule has 1 N–H and O–H groups in total. The van der Waals surface area contributed by atoms with Gasteiger partial charge in [0.15, 0.2) is 5.82 Å². The Morgan fingerprint density at radius 3 is 2.43 bits per heavy atom. The Hall–Kier alpha value is -1.81. The third-order valence-electron chi connectivity index (χ3n) is 2.37. The molecular weight excluding hydrogens is 334 g/mol. The molecule has 0 bridgehead atoms. The minimum atomic E-state index is -4.74. The Bertz CT molecular complexity index is 708. The van der Waals surface area contributed by atoms with Crippen LogP contribution in [0.2, 0.25) is 0 Å². The molecule has 116 valence electrons. The van der Waals surface area contributed by atoms with Crippen molar-refractivity contribution in [2.75, 3.05) is 6.54 Å². The second kappa shape index (κ2) is 6.31. The molecule has 0 heterocycles. The summed E-state index contributed by atoms with van der Waals surface area (Å²) in [5.41, 5.74) is -2.73. The van der Waals surface area contributed by atoms with Crippen LogP contribution in [0.3, 0.4) is 0 Å². The SMILES string of the molecule is CCCNC(=O)c1c(F)c([N+](=O)[O-])cc(S(=O)(=O)Cl)c1F. The predicted molar refractivity (Wildman–Crippen MR) is 68.7 cm³/mol. The molecule has 0 aromatic heterocycles. The van der Waals surface area contributed by atoms with Gasteiger partial charge in [-0.15, -0.1) is 0 Å². The Morgan fingerprint density at radius 2 is 2.00 bits per heavy atom. The van der Waals surface area contributed by atoms with E-state index in [-0.39, 0.29) is 12.6 Å². The van der Waals surface area contributed by atoms with E-state index in [1.54, 1.807) is 6.92 Å². The molecule has 1 amide bonds. The van der Waals surface area contributed by atoms with Gasteiger partial charge in [0.1, 0.15) is 10.5 Å². The molecule has 0 radical (unpaired) electrons. The van der Waals surface area contributed by atoms with Crippen LogP contribution in [0.1, 0.15) is 23.7 Å². The number of halogens is 3. The summed E-state index contributed by atoms with van der Waals surface area (Å²) in [5, 5.41) is 12.8. The number of rotatable bonds is 5. The molecule has 0 fully saturated rings. The molecule has 0 spiro atoms. The molecule has 0 saturated carbocycles. The van der Waals surface area contributed by atoms with Crippen LogP contribution in [0.5, 0.6) is 0 Å². The van der Waals surface area contributed by atoms with Crippen molar-refractivity contribution >= 4 is 31.3 Å². The number of nitrogens with zero attached hydrogens (tertiary/aromatic N) is 1. The van der Waals surface area contributed by atoms with E-state index in [0.29, 0.717) is 6.42 Å². The maximum atomic E-state index is 14.0. The number of amides is 1. The minimum Gasteiger partial charge on any atom is -0.352 e. The Balaban J connectivity index is 3.65. The molecule has 1 aromatic rings. The number of hydrogen-bond donors (Lipinski definition) is 1. The van der Waals surface area contributed by atoms with E-state index in [4.69, 9.17) is 10.7 Å². The first-order chi connectivity index (χ1) is 9.61. The van der Waals surface area contributed by atoms with E-state index < -0.39 is 47.7 Å². The van der Waals surface area contributed by atoms with Gasteiger partial charge in [-0.1, -0.05) is 6.92 Å². The maximum Gasteiger partial charge on any atom is 0.307 e. The van der Waals surface area contributed by atoms with Crippen LogP contribution in [0, 0.1) is 21.7 Å². The summed E-state index contributed by atoms with van der Waals surface area (Å²) in [6.07, 6.45) is 0.435. The van der Waals surface area contributed by atoms with E-state index >= 15 is 0 Å². The third-order valence-corrected chi connectivity index (χ3v) is 3.69. The number of nitro benzene ring substituents is 1. The lowest BCUT2D eigenvalue weighted by molar-refractivity contribution is -0.387.